The van der Waals surface area contributed by atoms with Crippen LogP contribution in [0.3, 0.4) is 0 Å². The summed E-state index contributed by atoms with van der Waals surface area (Å²) in [5.74, 6) is -1.48. The molecule has 1 aromatic heterocycles. The molecule has 148 valence electrons. The van der Waals surface area contributed by atoms with E-state index in [9.17, 15) is 14.4 Å². The van der Waals surface area contributed by atoms with Gasteiger partial charge in [-0.1, -0.05) is 18.2 Å². The van der Waals surface area contributed by atoms with Crippen LogP contribution in [0.1, 0.15) is 40.6 Å². The summed E-state index contributed by atoms with van der Waals surface area (Å²) in [6, 6.07) is 8.79. The molecule has 1 heterocycles. The molecule has 1 amide bonds. The quantitative estimate of drug-likeness (QED) is 0.665. The van der Waals surface area contributed by atoms with Gasteiger partial charge >= 0.3 is 11.9 Å². The van der Waals surface area contributed by atoms with Gasteiger partial charge in [0.1, 0.15) is 6.54 Å². The molecule has 6 nitrogen and oxygen atoms in total. The smallest absolute Gasteiger partial charge is 0.339 e. The summed E-state index contributed by atoms with van der Waals surface area (Å²) in [6.45, 7) is 1.27. The molecule has 1 aromatic carbocycles. The number of anilines is 1. The number of aryl methyl sites for hydroxylation is 1. The molecule has 0 aliphatic heterocycles. The van der Waals surface area contributed by atoms with Crippen molar-refractivity contribution < 1.29 is 23.9 Å². The Bertz CT molecular complexity index is 846. The molecule has 0 saturated heterocycles. The van der Waals surface area contributed by atoms with Crippen molar-refractivity contribution in [2.75, 3.05) is 24.7 Å². The van der Waals surface area contributed by atoms with E-state index in [1.165, 1.54) is 9.78 Å². The van der Waals surface area contributed by atoms with E-state index in [0.29, 0.717) is 11.3 Å². The average molecular weight is 401 g/mol. The summed E-state index contributed by atoms with van der Waals surface area (Å²) in [6.07, 6.45) is 4.06. The number of fused-ring (bicyclic) bond motifs is 1. The minimum Gasteiger partial charge on any atom is -0.465 e. The predicted octanol–water partition coefficient (Wildman–Crippen LogP) is 3.38. The first kappa shape index (κ1) is 20.1. The van der Waals surface area contributed by atoms with Crippen molar-refractivity contribution in [3.8, 4) is 0 Å². The number of thiophene rings is 1. The van der Waals surface area contributed by atoms with Crippen LogP contribution in [-0.2, 0) is 31.9 Å². The lowest BCUT2D eigenvalue weighted by Crippen LogP contribution is -2.39. The van der Waals surface area contributed by atoms with Gasteiger partial charge in [0.2, 0.25) is 0 Å². The zero-order valence-electron chi connectivity index (χ0n) is 15.8. The van der Waals surface area contributed by atoms with Gasteiger partial charge in [0.15, 0.2) is 6.61 Å². The fourth-order valence-corrected chi connectivity index (χ4v) is 4.33. The van der Waals surface area contributed by atoms with E-state index in [-0.39, 0.29) is 13.2 Å². The second-order valence-electron chi connectivity index (χ2n) is 6.45. The van der Waals surface area contributed by atoms with E-state index >= 15 is 0 Å². The molecule has 7 heteroatoms. The molecule has 28 heavy (non-hydrogen) atoms. The van der Waals surface area contributed by atoms with Crippen LogP contribution in [0.5, 0.6) is 0 Å². The topological polar surface area (TPSA) is 72.9 Å². The van der Waals surface area contributed by atoms with Gasteiger partial charge in [0.25, 0.3) is 5.91 Å². The van der Waals surface area contributed by atoms with Crippen molar-refractivity contribution >= 4 is 34.9 Å². The van der Waals surface area contributed by atoms with Gasteiger partial charge in [0.05, 0.1) is 12.2 Å². The summed E-state index contributed by atoms with van der Waals surface area (Å²) >= 11 is 1.57. The molecular formula is C21H23NO5S. The minimum absolute atomic E-state index is 0.230. The monoisotopic (exact) mass is 401 g/mol. The van der Waals surface area contributed by atoms with Crippen molar-refractivity contribution in [2.24, 2.45) is 0 Å². The third-order valence-electron chi connectivity index (χ3n) is 4.57. The third kappa shape index (κ3) is 4.78. The molecular weight excluding hydrogens is 378 g/mol. The second-order valence-corrected chi connectivity index (χ2v) is 7.42. The maximum absolute atomic E-state index is 12.7. The zero-order chi connectivity index (χ0) is 19.9. The van der Waals surface area contributed by atoms with E-state index in [1.54, 1.807) is 42.5 Å². The number of para-hydroxylation sites is 1. The molecule has 1 aliphatic rings. The lowest BCUT2D eigenvalue weighted by Gasteiger charge is -2.21. The van der Waals surface area contributed by atoms with Crippen LogP contribution in [0.25, 0.3) is 0 Å². The summed E-state index contributed by atoms with van der Waals surface area (Å²) in [7, 11) is 0. The van der Waals surface area contributed by atoms with Crippen LogP contribution in [0.2, 0.25) is 0 Å². The van der Waals surface area contributed by atoms with Crippen molar-refractivity contribution in [2.45, 2.75) is 32.6 Å². The van der Waals surface area contributed by atoms with Gasteiger partial charge in [-0.15, -0.1) is 11.3 Å². The molecule has 0 spiro atoms. The molecule has 2 aromatic rings. The number of ether oxygens (including phenoxy) is 2. The molecule has 0 unspecified atom stereocenters. The number of carbonyl (C=O) groups is 3. The first-order chi connectivity index (χ1) is 13.6. The highest BCUT2D eigenvalue weighted by molar-refractivity contribution is 7.10. The van der Waals surface area contributed by atoms with Crippen molar-refractivity contribution in [3.63, 3.8) is 0 Å². The highest BCUT2D eigenvalue weighted by Gasteiger charge is 2.24. The molecule has 0 atom stereocenters. The first-order valence-corrected chi connectivity index (χ1v) is 10.3. The van der Waals surface area contributed by atoms with Gasteiger partial charge < -0.3 is 9.47 Å². The van der Waals surface area contributed by atoms with E-state index < -0.39 is 24.5 Å². The van der Waals surface area contributed by atoms with Crippen LogP contribution in [0.15, 0.2) is 35.7 Å². The number of nitrogens with zero attached hydrogens (tertiary/aromatic N) is 1. The van der Waals surface area contributed by atoms with Crippen molar-refractivity contribution in [3.05, 3.63) is 51.7 Å². The standard InChI is InChI=1S/C21H23NO5S/c1-2-26-20(24)12-22(15-8-4-3-5-9-15)19(23)13-27-21(25)17-14-28-18-11-7-6-10-16(17)18/h3-5,8-9,14H,2,6-7,10-13H2,1H3. The zero-order valence-corrected chi connectivity index (χ0v) is 16.6. The van der Waals surface area contributed by atoms with Gasteiger partial charge in [-0.3, -0.25) is 14.5 Å². The molecule has 0 radical (unpaired) electrons. The number of amides is 1. The van der Waals surface area contributed by atoms with Crippen molar-refractivity contribution in [1.82, 2.24) is 0 Å². The SMILES string of the molecule is CCOC(=O)CN(C(=O)COC(=O)c1csc2c1CCCC2)c1ccccc1. The van der Waals surface area contributed by atoms with Crippen LogP contribution >= 0.6 is 11.3 Å². The Morgan fingerprint density at radius 2 is 1.82 bits per heavy atom. The van der Waals surface area contributed by atoms with E-state index in [2.05, 4.69) is 0 Å². The molecule has 0 saturated carbocycles. The van der Waals surface area contributed by atoms with Crippen LogP contribution < -0.4 is 4.90 Å². The van der Waals surface area contributed by atoms with E-state index in [1.807, 2.05) is 11.4 Å². The maximum atomic E-state index is 12.7. The summed E-state index contributed by atoms with van der Waals surface area (Å²) in [4.78, 5) is 39.6. The Morgan fingerprint density at radius 3 is 2.57 bits per heavy atom. The predicted molar refractivity (Wildman–Crippen MR) is 107 cm³/mol. The number of hydrogen-bond donors (Lipinski definition) is 0. The Morgan fingerprint density at radius 1 is 1.07 bits per heavy atom. The normalized spacial score (nSPS) is 12.8. The largest absolute Gasteiger partial charge is 0.465 e. The average Bonchev–Trinajstić information content (AvgIpc) is 3.15. The number of carbonyl (C=O) groups excluding carboxylic acids is 3. The van der Waals surface area contributed by atoms with Crippen LogP contribution in [0.4, 0.5) is 5.69 Å². The molecule has 0 N–H and O–H groups in total. The van der Waals surface area contributed by atoms with E-state index in [4.69, 9.17) is 9.47 Å². The van der Waals surface area contributed by atoms with Gasteiger partial charge in [-0.05, 0) is 50.3 Å². The van der Waals surface area contributed by atoms with Gasteiger partial charge in [-0.2, -0.15) is 0 Å². The minimum atomic E-state index is -0.516. The van der Waals surface area contributed by atoms with Gasteiger partial charge in [0, 0.05) is 15.9 Å². The van der Waals surface area contributed by atoms with Crippen molar-refractivity contribution in [1.29, 1.82) is 0 Å². The Balaban J connectivity index is 1.67. The number of hydrogen-bond acceptors (Lipinski definition) is 6. The first-order valence-electron chi connectivity index (χ1n) is 9.37. The molecule has 1 aliphatic carbocycles. The number of rotatable bonds is 7. The Kier molecular flexibility index (Phi) is 6.81. The van der Waals surface area contributed by atoms with Crippen LogP contribution in [-0.4, -0.2) is 37.6 Å². The third-order valence-corrected chi connectivity index (χ3v) is 5.66. The molecule has 3 rings (SSSR count). The fraction of sp³-hybridized carbons (Fsp3) is 0.381. The molecule has 0 fully saturated rings. The second kappa shape index (κ2) is 9.50. The lowest BCUT2D eigenvalue weighted by atomic mass is 9.96. The Hall–Kier alpha value is -2.67. The summed E-state index contributed by atoms with van der Waals surface area (Å²) < 4.78 is 10.2. The van der Waals surface area contributed by atoms with Crippen LogP contribution in [0, 0.1) is 0 Å². The summed E-state index contributed by atoms with van der Waals surface area (Å²) in [5.41, 5.74) is 2.16. The Labute approximate surface area is 168 Å². The fourth-order valence-electron chi connectivity index (χ4n) is 3.22. The highest BCUT2D eigenvalue weighted by Crippen LogP contribution is 2.30. The number of benzene rings is 1. The highest BCUT2D eigenvalue weighted by atomic mass is 32.1. The lowest BCUT2D eigenvalue weighted by molar-refractivity contribution is -0.142. The molecule has 0 bridgehead atoms. The number of esters is 2. The maximum Gasteiger partial charge on any atom is 0.339 e. The van der Waals surface area contributed by atoms with Gasteiger partial charge in [-0.25, -0.2) is 4.79 Å². The van der Waals surface area contributed by atoms with E-state index in [0.717, 1.165) is 31.2 Å². The summed E-state index contributed by atoms with van der Waals surface area (Å²) in [5, 5.41) is 1.82.